The highest BCUT2D eigenvalue weighted by Crippen LogP contribution is 2.25. The van der Waals surface area contributed by atoms with Crippen LogP contribution in [0.1, 0.15) is 62.2 Å². The van der Waals surface area contributed by atoms with Crippen molar-refractivity contribution in [2.75, 3.05) is 6.54 Å². The van der Waals surface area contributed by atoms with Crippen molar-refractivity contribution < 1.29 is 14.7 Å². The third-order valence-corrected chi connectivity index (χ3v) is 4.48. The molecule has 23 heavy (non-hydrogen) atoms. The molecule has 0 aliphatic heterocycles. The number of aromatic nitrogens is 2. The first-order valence-electron chi connectivity index (χ1n) is 7.98. The van der Waals surface area contributed by atoms with E-state index in [1.807, 2.05) is 13.8 Å². The Hall–Kier alpha value is -2.18. The van der Waals surface area contributed by atoms with Gasteiger partial charge in [0, 0.05) is 6.54 Å². The number of nitrogens with one attached hydrogen (secondary N) is 2. The van der Waals surface area contributed by atoms with Gasteiger partial charge >= 0.3 is 5.97 Å². The van der Waals surface area contributed by atoms with Crippen molar-refractivity contribution in [3.63, 3.8) is 0 Å². The maximum Gasteiger partial charge on any atom is 0.311 e. The number of carbonyl (C=O) groups is 2. The Morgan fingerprint density at radius 3 is 2.22 bits per heavy atom. The second-order valence-corrected chi connectivity index (χ2v) is 5.54. The average molecular weight is 323 g/mol. The second kappa shape index (κ2) is 7.89. The van der Waals surface area contributed by atoms with Crippen molar-refractivity contribution in [2.45, 2.75) is 53.4 Å². The lowest BCUT2D eigenvalue weighted by Gasteiger charge is -2.27. The summed E-state index contributed by atoms with van der Waals surface area (Å²) in [5.74, 6) is -1.50. The van der Waals surface area contributed by atoms with E-state index in [0.717, 1.165) is 0 Å². The van der Waals surface area contributed by atoms with Gasteiger partial charge in [0.15, 0.2) is 0 Å². The molecule has 0 saturated carbocycles. The number of aryl methyl sites for hydroxylation is 1. The summed E-state index contributed by atoms with van der Waals surface area (Å²) in [6.07, 6.45) is 1.90. The normalized spacial score (nSPS) is 11.3. The minimum absolute atomic E-state index is 0.0134. The van der Waals surface area contributed by atoms with Crippen LogP contribution in [-0.2, 0) is 17.6 Å². The molecule has 0 aliphatic carbocycles. The van der Waals surface area contributed by atoms with Gasteiger partial charge < -0.3 is 10.4 Å². The summed E-state index contributed by atoms with van der Waals surface area (Å²) in [7, 11) is 0. The van der Waals surface area contributed by atoms with E-state index in [4.69, 9.17) is 0 Å². The number of nitrogens with zero attached hydrogens (tertiary/aromatic N) is 1. The third kappa shape index (κ3) is 3.78. The van der Waals surface area contributed by atoms with Crippen molar-refractivity contribution in [1.82, 2.24) is 15.5 Å². The van der Waals surface area contributed by atoms with Gasteiger partial charge in [-0.05, 0) is 31.2 Å². The molecule has 0 aliphatic rings. The molecule has 0 bridgehead atoms. The lowest BCUT2D eigenvalue weighted by molar-refractivity contribution is -0.149. The number of hydrogen-bond donors (Lipinski definition) is 3. The largest absolute Gasteiger partial charge is 0.481 e. The molecule has 1 heterocycles. The number of hydrogen-bond acceptors (Lipinski definition) is 4. The number of rotatable bonds is 8. The maximum atomic E-state index is 12.5. The van der Waals surface area contributed by atoms with Crippen LogP contribution in [0, 0.1) is 5.41 Å². The number of carboxylic acids is 1. The molecular formula is C16H25N3O4. The number of aromatic amines is 1. The zero-order valence-electron chi connectivity index (χ0n) is 14.2. The smallest absolute Gasteiger partial charge is 0.311 e. The quantitative estimate of drug-likeness (QED) is 0.671. The number of carbonyl (C=O) groups excluding carboxylic acids is 1. The van der Waals surface area contributed by atoms with E-state index < -0.39 is 22.9 Å². The van der Waals surface area contributed by atoms with Crippen LogP contribution < -0.4 is 10.9 Å². The van der Waals surface area contributed by atoms with Crippen LogP contribution in [0.5, 0.6) is 0 Å². The van der Waals surface area contributed by atoms with E-state index in [-0.39, 0.29) is 12.1 Å². The van der Waals surface area contributed by atoms with Gasteiger partial charge in [-0.25, -0.2) is 5.10 Å². The van der Waals surface area contributed by atoms with E-state index in [1.54, 1.807) is 13.8 Å². The molecule has 0 fully saturated rings. The van der Waals surface area contributed by atoms with Crippen LogP contribution in [0.2, 0.25) is 0 Å². The predicted molar refractivity (Wildman–Crippen MR) is 86.6 cm³/mol. The van der Waals surface area contributed by atoms with E-state index in [0.29, 0.717) is 36.9 Å². The van der Waals surface area contributed by atoms with Gasteiger partial charge in [0.05, 0.1) is 11.1 Å². The molecule has 0 radical (unpaired) electrons. The highest BCUT2D eigenvalue weighted by atomic mass is 16.4. The molecule has 7 nitrogen and oxygen atoms in total. The number of aliphatic carboxylic acids is 1. The number of H-pyrrole nitrogens is 1. The fourth-order valence-corrected chi connectivity index (χ4v) is 2.65. The third-order valence-electron chi connectivity index (χ3n) is 4.48. The Morgan fingerprint density at radius 1 is 1.17 bits per heavy atom. The Kier molecular flexibility index (Phi) is 6.48. The van der Waals surface area contributed by atoms with Gasteiger partial charge in [-0.15, -0.1) is 0 Å². The van der Waals surface area contributed by atoms with Gasteiger partial charge in [-0.2, -0.15) is 5.10 Å². The van der Waals surface area contributed by atoms with Gasteiger partial charge in [0.1, 0.15) is 5.56 Å². The molecule has 0 aromatic carbocycles. The Labute approximate surface area is 135 Å². The predicted octanol–water partition coefficient (Wildman–Crippen LogP) is 1.52. The van der Waals surface area contributed by atoms with E-state index in [9.17, 15) is 19.5 Å². The van der Waals surface area contributed by atoms with Crippen molar-refractivity contribution >= 4 is 11.9 Å². The van der Waals surface area contributed by atoms with Crippen LogP contribution in [0.25, 0.3) is 0 Å². The Bertz CT molecular complexity index is 633. The molecule has 3 N–H and O–H groups in total. The molecule has 1 amide bonds. The fourth-order valence-electron chi connectivity index (χ4n) is 2.65. The lowest BCUT2D eigenvalue weighted by atomic mass is 9.82. The van der Waals surface area contributed by atoms with Gasteiger partial charge in [-0.3, -0.25) is 14.4 Å². The van der Waals surface area contributed by atoms with Gasteiger partial charge in [0.25, 0.3) is 11.5 Å². The number of carboxylic acid groups (broad SMARTS) is 1. The molecule has 1 rings (SSSR count). The zero-order valence-corrected chi connectivity index (χ0v) is 14.2. The standard InChI is InChI=1S/C16H25N3O4/c1-5-10-11(6-2)18-19-14(21)12(10)13(20)17-9-16(7-3,8-4)15(22)23/h5-9H2,1-4H3,(H,17,20)(H,19,21)(H,22,23). The molecule has 7 heteroatoms. The van der Waals surface area contributed by atoms with E-state index in [2.05, 4.69) is 15.5 Å². The highest BCUT2D eigenvalue weighted by molar-refractivity contribution is 5.95. The number of amides is 1. The minimum atomic E-state index is -1.02. The second-order valence-electron chi connectivity index (χ2n) is 5.54. The highest BCUT2D eigenvalue weighted by Gasteiger charge is 2.35. The van der Waals surface area contributed by atoms with Crippen molar-refractivity contribution in [3.8, 4) is 0 Å². The summed E-state index contributed by atoms with van der Waals surface area (Å²) in [6, 6.07) is 0. The first kappa shape index (κ1) is 18.9. The van der Waals surface area contributed by atoms with Crippen LogP contribution in [0.4, 0.5) is 0 Å². The molecule has 0 spiro atoms. The first-order valence-corrected chi connectivity index (χ1v) is 7.98. The average Bonchev–Trinajstić information content (AvgIpc) is 2.55. The lowest BCUT2D eigenvalue weighted by Crippen LogP contribution is -2.44. The molecule has 0 unspecified atom stereocenters. The van der Waals surface area contributed by atoms with Crippen molar-refractivity contribution in [2.24, 2.45) is 5.41 Å². The van der Waals surface area contributed by atoms with Crippen LogP contribution in [0.3, 0.4) is 0 Å². The summed E-state index contributed by atoms with van der Waals surface area (Å²) < 4.78 is 0. The molecule has 128 valence electrons. The van der Waals surface area contributed by atoms with Crippen LogP contribution in [0.15, 0.2) is 4.79 Å². The topological polar surface area (TPSA) is 112 Å². The van der Waals surface area contributed by atoms with Gasteiger partial charge in [0.2, 0.25) is 0 Å². The Morgan fingerprint density at radius 2 is 1.78 bits per heavy atom. The maximum absolute atomic E-state index is 12.5. The molecule has 1 aromatic rings. The van der Waals surface area contributed by atoms with Gasteiger partial charge in [-0.1, -0.05) is 27.7 Å². The minimum Gasteiger partial charge on any atom is -0.481 e. The van der Waals surface area contributed by atoms with E-state index in [1.165, 1.54) is 0 Å². The summed E-state index contributed by atoms with van der Waals surface area (Å²) in [5.41, 5.74) is -0.248. The summed E-state index contributed by atoms with van der Waals surface area (Å²) in [6.45, 7) is 7.28. The summed E-state index contributed by atoms with van der Waals surface area (Å²) in [5, 5.41) is 18.3. The first-order chi connectivity index (χ1) is 10.9. The molecule has 0 saturated heterocycles. The van der Waals surface area contributed by atoms with Crippen LogP contribution >= 0.6 is 0 Å². The Balaban J connectivity index is 3.12. The summed E-state index contributed by atoms with van der Waals surface area (Å²) in [4.78, 5) is 36.0. The van der Waals surface area contributed by atoms with Crippen molar-refractivity contribution in [3.05, 3.63) is 27.2 Å². The molecular weight excluding hydrogens is 298 g/mol. The molecule has 0 atom stereocenters. The van der Waals surface area contributed by atoms with E-state index >= 15 is 0 Å². The molecule has 1 aromatic heterocycles. The van der Waals surface area contributed by atoms with Crippen LogP contribution in [-0.4, -0.2) is 33.7 Å². The summed E-state index contributed by atoms with van der Waals surface area (Å²) >= 11 is 0. The zero-order chi connectivity index (χ0) is 17.6. The SMILES string of the molecule is CCc1n[nH]c(=O)c(C(=O)NCC(CC)(CC)C(=O)O)c1CC. The fraction of sp³-hybridized carbons (Fsp3) is 0.625. The monoisotopic (exact) mass is 323 g/mol. The van der Waals surface area contributed by atoms with Crippen molar-refractivity contribution in [1.29, 1.82) is 0 Å².